The van der Waals surface area contributed by atoms with Crippen LogP contribution in [0.15, 0.2) is 4.40 Å². The summed E-state index contributed by atoms with van der Waals surface area (Å²) in [4.78, 5) is 0. The van der Waals surface area contributed by atoms with Gasteiger partial charge in [0, 0.05) is 6.42 Å². The van der Waals surface area contributed by atoms with Crippen molar-refractivity contribution in [2.75, 3.05) is 13.2 Å². The van der Waals surface area contributed by atoms with Gasteiger partial charge >= 0.3 is 0 Å². The molecule has 0 radical (unpaired) electrons. The van der Waals surface area contributed by atoms with Crippen LogP contribution < -0.4 is 0 Å². The van der Waals surface area contributed by atoms with Crippen LogP contribution in [-0.4, -0.2) is 28.2 Å². The SMILES string of the molecule is CCC(C)(C)[S+]([O-])N=C1CCOC1. The number of rotatable bonds is 3. The molecule has 4 heteroatoms. The Morgan fingerprint density at radius 1 is 1.62 bits per heavy atom. The van der Waals surface area contributed by atoms with Gasteiger partial charge in [-0.3, -0.25) is 0 Å². The van der Waals surface area contributed by atoms with E-state index in [9.17, 15) is 4.55 Å². The number of nitrogens with zero attached hydrogens (tertiary/aromatic N) is 1. The average molecular weight is 203 g/mol. The first kappa shape index (κ1) is 11.0. The zero-order chi connectivity index (χ0) is 9.90. The lowest BCUT2D eigenvalue weighted by Crippen LogP contribution is -2.30. The van der Waals surface area contributed by atoms with Crippen molar-refractivity contribution in [3.8, 4) is 0 Å². The second kappa shape index (κ2) is 4.44. The van der Waals surface area contributed by atoms with Gasteiger partial charge in [-0.2, -0.15) is 0 Å². The van der Waals surface area contributed by atoms with Gasteiger partial charge in [0.1, 0.15) is 16.1 Å². The van der Waals surface area contributed by atoms with Crippen LogP contribution in [0.5, 0.6) is 0 Å². The summed E-state index contributed by atoms with van der Waals surface area (Å²) in [6.45, 7) is 7.27. The molecule has 0 aromatic heterocycles. The molecule has 0 aromatic rings. The molecular formula is C9H17NO2S. The lowest BCUT2D eigenvalue weighted by Gasteiger charge is -2.21. The second-order valence-corrected chi connectivity index (χ2v) is 5.61. The quantitative estimate of drug-likeness (QED) is 0.655. The van der Waals surface area contributed by atoms with Gasteiger partial charge in [-0.05, 0) is 20.3 Å². The Labute approximate surface area is 82.9 Å². The van der Waals surface area contributed by atoms with Gasteiger partial charge in [0.25, 0.3) is 0 Å². The maximum atomic E-state index is 11.7. The minimum absolute atomic E-state index is 0.213. The summed E-state index contributed by atoms with van der Waals surface area (Å²) in [7, 11) is 0. The molecule has 0 bridgehead atoms. The molecule has 0 saturated carbocycles. The van der Waals surface area contributed by atoms with Gasteiger partial charge in [-0.1, -0.05) is 11.3 Å². The molecule has 1 fully saturated rings. The first-order valence-corrected chi connectivity index (χ1v) is 5.73. The maximum Gasteiger partial charge on any atom is 0.147 e. The monoisotopic (exact) mass is 203 g/mol. The Kier molecular flexibility index (Phi) is 3.76. The first-order chi connectivity index (χ1) is 6.06. The molecular weight excluding hydrogens is 186 g/mol. The number of hydrogen-bond donors (Lipinski definition) is 0. The molecule has 1 unspecified atom stereocenters. The third kappa shape index (κ3) is 2.97. The van der Waals surface area contributed by atoms with E-state index in [0.29, 0.717) is 6.61 Å². The molecule has 1 rings (SSSR count). The van der Waals surface area contributed by atoms with Crippen molar-refractivity contribution < 1.29 is 9.29 Å². The van der Waals surface area contributed by atoms with Crippen LogP contribution in [0, 0.1) is 0 Å². The highest BCUT2D eigenvalue weighted by Crippen LogP contribution is 2.22. The highest BCUT2D eigenvalue weighted by molar-refractivity contribution is 7.91. The highest BCUT2D eigenvalue weighted by atomic mass is 32.2. The smallest absolute Gasteiger partial charge is 0.147 e. The fourth-order valence-corrected chi connectivity index (χ4v) is 1.76. The summed E-state index contributed by atoms with van der Waals surface area (Å²) < 4.78 is 20.8. The molecule has 0 N–H and O–H groups in total. The van der Waals surface area contributed by atoms with E-state index >= 15 is 0 Å². The molecule has 0 amide bonds. The summed E-state index contributed by atoms with van der Waals surface area (Å²) >= 11 is -1.11. The lowest BCUT2D eigenvalue weighted by molar-refractivity contribution is 0.209. The minimum atomic E-state index is -1.11. The molecule has 76 valence electrons. The first-order valence-electron chi connectivity index (χ1n) is 4.62. The topological polar surface area (TPSA) is 44.7 Å². The summed E-state index contributed by atoms with van der Waals surface area (Å²) in [5, 5.41) is 0. The third-order valence-electron chi connectivity index (χ3n) is 2.34. The van der Waals surface area contributed by atoms with Crippen LogP contribution in [0.3, 0.4) is 0 Å². The lowest BCUT2D eigenvalue weighted by atomic mass is 10.1. The average Bonchev–Trinajstić information content (AvgIpc) is 2.57. The van der Waals surface area contributed by atoms with E-state index in [2.05, 4.69) is 4.40 Å². The van der Waals surface area contributed by atoms with E-state index in [1.54, 1.807) is 0 Å². The van der Waals surface area contributed by atoms with Crippen molar-refractivity contribution in [1.82, 2.24) is 0 Å². The van der Waals surface area contributed by atoms with Gasteiger partial charge in [0.15, 0.2) is 0 Å². The molecule has 13 heavy (non-hydrogen) atoms. The fraction of sp³-hybridized carbons (Fsp3) is 0.889. The Bertz CT molecular complexity index is 196. The second-order valence-electron chi connectivity index (χ2n) is 3.82. The predicted octanol–water partition coefficient (Wildman–Crippen LogP) is 1.70. The molecule has 1 saturated heterocycles. The van der Waals surface area contributed by atoms with Crippen molar-refractivity contribution in [2.24, 2.45) is 4.40 Å². The summed E-state index contributed by atoms with van der Waals surface area (Å²) in [6.07, 6.45) is 1.71. The molecule has 0 spiro atoms. The predicted molar refractivity (Wildman–Crippen MR) is 55.4 cm³/mol. The van der Waals surface area contributed by atoms with Crippen molar-refractivity contribution in [3.05, 3.63) is 0 Å². The van der Waals surface area contributed by atoms with E-state index in [1.807, 2.05) is 20.8 Å². The molecule has 0 aromatic carbocycles. The summed E-state index contributed by atoms with van der Waals surface area (Å²) in [6, 6.07) is 0. The van der Waals surface area contributed by atoms with Gasteiger partial charge in [-0.15, -0.1) is 0 Å². The van der Waals surface area contributed by atoms with Crippen LogP contribution >= 0.6 is 0 Å². The number of hydrogen-bond acceptors (Lipinski definition) is 3. The van der Waals surface area contributed by atoms with Gasteiger partial charge in [0.05, 0.1) is 18.9 Å². The van der Waals surface area contributed by atoms with Crippen LogP contribution in [0.25, 0.3) is 0 Å². The Morgan fingerprint density at radius 2 is 2.31 bits per heavy atom. The van der Waals surface area contributed by atoms with Crippen LogP contribution in [0.4, 0.5) is 0 Å². The Morgan fingerprint density at radius 3 is 2.77 bits per heavy atom. The van der Waals surface area contributed by atoms with Gasteiger partial charge in [-0.25, -0.2) is 0 Å². The van der Waals surface area contributed by atoms with E-state index in [0.717, 1.165) is 25.2 Å². The normalized spacial score (nSPS) is 23.8. The van der Waals surface area contributed by atoms with Gasteiger partial charge in [0.2, 0.25) is 0 Å². The summed E-state index contributed by atoms with van der Waals surface area (Å²) in [5.74, 6) is 0. The van der Waals surface area contributed by atoms with Crippen molar-refractivity contribution >= 4 is 17.1 Å². The fourth-order valence-electron chi connectivity index (χ4n) is 0.888. The molecule has 1 aliphatic heterocycles. The standard InChI is InChI=1S/C9H17NO2S/c1-4-9(2,3)13(11)10-8-5-6-12-7-8/h4-7H2,1-3H3. The van der Waals surface area contributed by atoms with Gasteiger partial charge < -0.3 is 9.29 Å². The number of ether oxygens (including phenoxy) is 1. The third-order valence-corrected chi connectivity index (χ3v) is 4.00. The Balaban J connectivity index is 2.57. The minimum Gasteiger partial charge on any atom is -0.591 e. The Hall–Kier alpha value is -0.0600. The van der Waals surface area contributed by atoms with Crippen LogP contribution in [-0.2, 0) is 16.1 Å². The van der Waals surface area contributed by atoms with Crippen molar-refractivity contribution in [3.63, 3.8) is 0 Å². The molecule has 0 aliphatic carbocycles. The summed E-state index contributed by atoms with van der Waals surface area (Å²) in [5.41, 5.74) is 0.944. The molecule has 1 heterocycles. The van der Waals surface area contributed by atoms with E-state index in [-0.39, 0.29) is 4.75 Å². The molecule has 1 atom stereocenters. The maximum absolute atomic E-state index is 11.7. The van der Waals surface area contributed by atoms with Crippen molar-refractivity contribution in [2.45, 2.75) is 38.4 Å². The zero-order valence-corrected chi connectivity index (χ0v) is 9.32. The van der Waals surface area contributed by atoms with E-state index in [4.69, 9.17) is 4.74 Å². The molecule has 3 nitrogen and oxygen atoms in total. The van der Waals surface area contributed by atoms with Crippen molar-refractivity contribution in [1.29, 1.82) is 0 Å². The van der Waals surface area contributed by atoms with Crippen LogP contribution in [0.2, 0.25) is 0 Å². The molecule has 1 aliphatic rings. The zero-order valence-electron chi connectivity index (χ0n) is 8.50. The van der Waals surface area contributed by atoms with E-state index < -0.39 is 11.4 Å². The van der Waals surface area contributed by atoms with Crippen LogP contribution in [0.1, 0.15) is 33.6 Å². The largest absolute Gasteiger partial charge is 0.591 e. The highest BCUT2D eigenvalue weighted by Gasteiger charge is 2.31. The van der Waals surface area contributed by atoms with E-state index in [1.165, 1.54) is 0 Å².